The maximum absolute atomic E-state index is 5.07. The number of methoxy groups -OCH3 is 1. The van der Waals surface area contributed by atoms with E-state index in [1.54, 1.807) is 7.11 Å². The second kappa shape index (κ2) is 8.48. The molecular formula is C10H24N2O. The first-order chi connectivity index (χ1) is 6.22. The van der Waals surface area contributed by atoms with Crippen molar-refractivity contribution in [1.29, 1.82) is 0 Å². The van der Waals surface area contributed by atoms with Crippen molar-refractivity contribution in [3.8, 4) is 0 Å². The maximum Gasteiger partial charge on any atom is 0.0589 e. The molecule has 0 amide bonds. The second-order valence-corrected chi connectivity index (χ2v) is 3.48. The molecule has 0 saturated heterocycles. The lowest BCUT2D eigenvalue weighted by Crippen LogP contribution is -2.38. The van der Waals surface area contributed by atoms with Crippen molar-refractivity contribution in [1.82, 2.24) is 10.2 Å². The highest BCUT2D eigenvalue weighted by molar-refractivity contribution is 4.63. The van der Waals surface area contributed by atoms with Crippen LogP contribution in [0.1, 0.15) is 20.8 Å². The fraction of sp³-hybridized carbons (Fsp3) is 1.00. The van der Waals surface area contributed by atoms with Crippen LogP contribution in [-0.4, -0.2) is 50.8 Å². The van der Waals surface area contributed by atoms with Gasteiger partial charge in [0.15, 0.2) is 0 Å². The Kier molecular flexibility index (Phi) is 8.40. The van der Waals surface area contributed by atoms with E-state index >= 15 is 0 Å². The fourth-order valence-corrected chi connectivity index (χ4v) is 1.24. The number of hydrogen-bond donors (Lipinski definition) is 1. The average molecular weight is 188 g/mol. The minimum atomic E-state index is 0.605. The van der Waals surface area contributed by atoms with Crippen molar-refractivity contribution in [3.05, 3.63) is 0 Å². The molecule has 0 aromatic carbocycles. The van der Waals surface area contributed by atoms with Crippen LogP contribution in [0.2, 0.25) is 0 Å². The predicted molar refractivity (Wildman–Crippen MR) is 57.1 cm³/mol. The molecule has 0 heterocycles. The molecule has 3 nitrogen and oxygen atoms in total. The van der Waals surface area contributed by atoms with E-state index in [0.717, 1.165) is 32.8 Å². The first-order valence-corrected chi connectivity index (χ1v) is 5.16. The van der Waals surface area contributed by atoms with Gasteiger partial charge in [0.1, 0.15) is 0 Å². The van der Waals surface area contributed by atoms with E-state index in [4.69, 9.17) is 4.74 Å². The van der Waals surface area contributed by atoms with Gasteiger partial charge in [0.25, 0.3) is 0 Å². The molecule has 0 fully saturated rings. The van der Waals surface area contributed by atoms with Crippen molar-refractivity contribution < 1.29 is 4.74 Å². The summed E-state index contributed by atoms with van der Waals surface area (Å²) in [4.78, 5) is 2.42. The molecule has 80 valence electrons. The van der Waals surface area contributed by atoms with Crippen LogP contribution in [0, 0.1) is 0 Å². The van der Waals surface area contributed by atoms with Gasteiger partial charge in [0.2, 0.25) is 0 Å². The smallest absolute Gasteiger partial charge is 0.0589 e. The highest BCUT2D eigenvalue weighted by atomic mass is 16.5. The Balaban J connectivity index is 3.54. The van der Waals surface area contributed by atoms with Gasteiger partial charge in [-0.25, -0.2) is 0 Å². The Morgan fingerprint density at radius 2 is 2.00 bits per heavy atom. The zero-order valence-corrected chi connectivity index (χ0v) is 9.47. The van der Waals surface area contributed by atoms with Gasteiger partial charge in [0, 0.05) is 32.8 Å². The summed E-state index contributed by atoms with van der Waals surface area (Å²) in [5, 5.41) is 3.33. The predicted octanol–water partition coefficient (Wildman–Crippen LogP) is 0.953. The molecule has 0 atom stereocenters. The highest BCUT2D eigenvalue weighted by Gasteiger charge is 2.07. The quantitative estimate of drug-likeness (QED) is 0.574. The summed E-state index contributed by atoms with van der Waals surface area (Å²) >= 11 is 0. The third-order valence-electron chi connectivity index (χ3n) is 2.14. The van der Waals surface area contributed by atoms with Crippen molar-refractivity contribution in [2.75, 3.05) is 39.9 Å². The monoisotopic (exact) mass is 188 g/mol. The normalized spacial score (nSPS) is 11.5. The van der Waals surface area contributed by atoms with E-state index in [1.165, 1.54) is 0 Å². The minimum Gasteiger partial charge on any atom is -0.383 e. The van der Waals surface area contributed by atoms with E-state index in [-0.39, 0.29) is 0 Å². The van der Waals surface area contributed by atoms with Crippen molar-refractivity contribution in [3.63, 3.8) is 0 Å². The van der Waals surface area contributed by atoms with E-state index < -0.39 is 0 Å². The van der Waals surface area contributed by atoms with Crippen LogP contribution >= 0.6 is 0 Å². The fourth-order valence-electron chi connectivity index (χ4n) is 1.24. The summed E-state index contributed by atoms with van der Waals surface area (Å²) in [6, 6.07) is 0.605. The Bertz CT molecular complexity index is 107. The van der Waals surface area contributed by atoms with Crippen LogP contribution in [0.25, 0.3) is 0 Å². The van der Waals surface area contributed by atoms with Crippen molar-refractivity contribution in [2.24, 2.45) is 0 Å². The molecule has 13 heavy (non-hydrogen) atoms. The molecular weight excluding hydrogens is 164 g/mol. The number of rotatable bonds is 8. The van der Waals surface area contributed by atoms with Gasteiger partial charge in [0.05, 0.1) is 6.61 Å². The summed E-state index contributed by atoms with van der Waals surface area (Å²) in [7, 11) is 1.75. The van der Waals surface area contributed by atoms with Gasteiger partial charge < -0.3 is 10.1 Å². The van der Waals surface area contributed by atoms with Gasteiger partial charge in [-0.1, -0.05) is 6.92 Å². The Hall–Kier alpha value is -0.120. The van der Waals surface area contributed by atoms with Gasteiger partial charge >= 0.3 is 0 Å². The van der Waals surface area contributed by atoms with Gasteiger partial charge in [-0.05, 0) is 20.4 Å². The lowest BCUT2D eigenvalue weighted by atomic mass is 10.3. The molecule has 0 unspecified atom stereocenters. The summed E-state index contributed by atoms with van der Waals surface area (Å²) in [6.07, 6.45) is 0. The van der Waals surface area contributed by atoms with Crippen molar-refractivity contribution in [2.45, 2.75) is 26.8 Å². The Morgan fingerprint density at radius 1 is 1.31 bits per heavy atom. The number of nitrogens with zero attached hydrogens (tertiary/aromatic N) is 1. The van der Waals surface area contributed by atoms with Crippen LogP contribution < -0.4 is 5.32 Å². The highest BCUT2D eigenvalue weighted by Crippen LogP contribution is 1.96. The lowest BCUT2D eigenvalue weighted by Gasteiger charge is -2.26. The molecule has 0 aromatic heterocycles. The third kappa shape index (κ3) is 6.99. The summed E-state index contributed by atoms with van der Waals surface area (Å²) < 4.78 is 5.07. The van der Waals surface area contributed by atoms with Crippen LogP contribution in [0.15, 0.2) is 0 Å². The number of ether oxygens (including phenoxy) is 1. The zero-order chi connectivity index (χ0) is 10.1. The molecule has 0 bridgehead atoms. The average Bonchev–Trinajstić information content (AvgIpc) is 2.10. The summed E-state index contributed by atoms with van der Waals surface area (Å²) in [5.74, 6) is 0. The lowest BCUT2D eigenvalue weighted by molar-refractivity contribution is 0.130. The minimum absolute atomic E-state index is 0.605. The zero-order valence-electron chi connectivity index (χ0n) is 9.47. The van der Waals surface area contributed by atoms with E-state index in [1.807, 2.05) is 0 Å². The van der Waals surface area contributed by atoms with Crippen molar-refractivity contribution >= 4 is 0 Å². The summed E-state index contributed by atoms with van der Waals surface area (Å²) in [5.41, 5.74) is 0. The molecule has 0 saturated carbocycles. The van der Waals surface area contributed by atoms with Crippen LogP contribution in [0.5, 0.6) is 0 Å². The first kappa shape index (κ1) is 12.9. The molecule has 0 aliphatic carbocycles. The summed E-state index contributed by atoms with van der Waals surface area (Å²) in [6.45, 7) is 11.7. The Morgan fingerprint density at radius 3 is 2.46 bits per heavy atom. The number of likely N-dealkylation sites (N-methyl/N-ethyl adjacent to an activating group) is 1. The van der Waals surface area contributed by atoms with E-state index in [0.29, 0.717) is 6.04 Å². The second-order valence-electron chi connectivity index (χ2n) is 3.48. The molecule has 0 radical (unpaired) electrons. The number of hydrogen-bond acceptors (Lipinski definition) is 3. The molecule has 0 aromatic rings. The third-order valence-corrected chi connectivity index (χ3v) is 2.14. The van der Waals surface area contributed by atoms with Gasteiger partial charge in [-0.2, -0.15) is 0 Å². The molecule has 1 N–H and O–H groups in total. The van der Waals surface area contributed by atoms with Gasteiger partial charge in [-0.15, -0.1) is 0 Å². The van der Waals surface area contributed by atoms with Gasteiger partial charge in [-0.3, -0.25) is 4.90 Å². The van der Waals surface area contributed by atoms with Crippen LogP contribution in [0.4, 0.5) is 0 Å². The van der Waals surface area contributed by atoms with Crippen LogP contribution in [0.3, 0.4) is 0 Å². The van der Waals surface area contributed by atoms with E-state index in [2.05, 4.69) is 31.0 Å². The topological polar surface area (TPSA) is 24.5 Å². The Labute approximate surface area is 82.4 Å². The van der Waals surface area contributed by atoms with E-state index in [9.17, 15) is 0 Å². The molecule has 0 aliphatic rings. The number of nitrogens with one attached hydrogen (secondary N) is 1. The molecule has 0 rings (SSSR count). The first-order valence-electron chi connectivity index (χ1n) is 5.16. The maximum atomic E-state index is 5.07. The molecule has 0 spiro atoms. The standard InChI is InChI=1S/C10H24N2O/c1-5-11-6-7-12(10(2)3)8-9-13-4/h10-11H,5-9H2,1-4H3. The molecule has 0 aliphatic heterocycles. The largest absolute Gasteiger partial charge is 0.383 e. The SMILES string of the molecule is CCNCCN(CCOC)C(C)C. The molecule has 3 heteroatoms. The van der Waals surface area contributed by atoms with Crippen LogP contribution in [-0.2, 0) is 4.74 Å².